The highest BCUT2D eigenvalue weighted by Crippen LogP contribution is 2.21. The van der Waals surface area contributed by atoms with Crippen molar-refractivity contribution >= 4 is 22.9 Å². The molecule has 0 spiro atoms. The molecule has 2 fully saturated rings. The van der Waals surface area contributed by atoms with Crippen LogP contribution in [0.3, 0.4) is 0 Å². The van der Waals surface area contributed by atoms with E-state index in [1.165, 1.54) is 67.9 Å². The minimum Gasteiger partial charge on any atom is -0.368 e. The number of likely N-dealkylation sites (tertiary alicyclic amines) is 1. The van der Waals surface area contributed by atoms with E-state index in [2.05, 4.69) is 47.9 Å². The zero-order chi connectivity index (χ0) is 24.1. The van der Waals surface area contributed by atoms with Crippen LogP contribution in [-0.4, -0.2) is 61.5 Å². The van der Waals surface area contributed by atoms with Crippen LogP contribution in [0.4, 0.5) is 5.69 Å². The van der Waals surface area contributed by atoms with E-state index in [0.29, 0.717) is 0 Å². The van der Waals surface area contributed by atoms with E-state index in [4.69, 9.17) is 0 Å². The van der Waals surface area contributed by atoms with E-state index in [-0.39, 0.29) is 5.91 Å². The molecule has 1 amide bonds. The van der Waals surface area contributed by atoms with Crippen molar-refractivity contribution in [2.45, 2.75) is 66.7 Å². The van der Waals surface area contributed by atoms with Gasteiger partial charge in [-0.3, -0.25) is 4.79 Å². The Morgan fingerprint density at radius 1 is 0.848 bits per heavy atom. The minimum atomic E-state index is 0.177. The SMILES string of the molecule is CC.CCCCN1CCCCC1.Cc1ccc(N2CCN(C(=O)c3ccc(C)s3)CC2)cc1. The van der Waals surface area contributed by atoms with Gasteiger partial charge in [0.25, 0.3) is 5.91 Å². The maximum Gasteiger partial charge on any atom is 0.264 e. The lowest BCUT2D eigenvalue weighted by molar-refractivity contribution is 0.0751. The zero-order valence-electron chi connectivity index (χ0n) is 21.6. The number of piperidine rings is 1. The molecule has 4 nitrogen and oxygen atoms in total. The van der Waals surface area contributed by atoms with Crippen molar-refractivity contribution in [1.82, 2.24) is 9.80 Å². The zero-order valence-corrected chi connectivity index (χ0v) is 22.4. The highest BCUT2D eigenvalue weighted by atomic mass is 32.1. The topological polar surface area (TPSA) is 26.8 Å². The molecule has 33 heavy (non-hydrogen) atoms. The molecule has 0 aliphatic carbocycles. The summed E-state index contributed by atoms with van der Waals surface area (Å²) in [6, 6.07) is 12.6. The fourth-order valence-corrected chi connectivity index (χ4v) is 5.03. The average Bonchev–Trinajstić information content (AvgIpc) is 3.31. The molecule has 2 saturated heterocycles. The number of hydrogen-bond donors (Lipinski definition) is 0. The monoisotopic (exact) mass is 471 g/mol. The van der Waals surface area contributed by atoms with Gasteiger partial charge in [0.1, 0.15) is 0 Å². The van der Waals surface area contributed by atoms with Gasteiger partial charge in [0.05, 0.1) is 4.88 Å². The molecule has 2 aromatic rings. The third-order valence-electron chi connectivity index (χ3n) is 6.19. The van der Waals surface area contributed by atoms with Gasteiger partial charge in [-0.25, -0.2) is 0 Å². The number of aryl methyl sites for hydroxylation is 2. The second kappa shape index (κ2) is 15.1. The van der Waals surface area contributed by atoms with E-state index in [1.54, 1.807) is 11.3 Å². The quantitative estimate of drug-likeness (QED) is 0.490. The second-order valence-electron chi connectivity index (χ2n) is 8.78. The molecule has 2 aliphatic heterocycles. The van der Waals surface area contributed by atoms with Gasteiger partial charge in [0, 0.05) is 36.7 Å². The summed E-state index contributed by atoms with van der Waals surface area (Å²) in [5.41, 5.74) is 2.53. The van der Waals surface area contributed by atoms with Gasteiger partial charge in [-0.05, 0) is 77.0 Å². The van der Waals surface area contributed by atoms with E-state index in [0.717, 1.165) is 31.1 Å². The van der Waals surface area contributed by atoms with E-state index < -0.39 is 0 Å². The summed E-state index contributed by atoms with van der Waals surface area (Å²) in [5.74, 6) is 0.177. The number of nitrogens with zero attached hydrogens (tertiary/aromatic N) is 3. The van der Waals surface area contributed by atoms with E-state index >= 15 is 0 Å². The number of amides is 1. The Bertz CT molecular complexity index is 788. The molecule has 0 bridgehead atoms. The van der Waals surface area contributed by atoms with E-state index in [9.17, 15) is 4.79 Å². The first kappa shape index (κ1) is 27.4. The van der Waals surface area contributed by atoms with Gasteiger partial charge < -0.3 is 14.7 Å². The number of piperazine rings is 1. The number of unbranched alkanes of at least 4 members (excludes halogenated alkanes) is 1. The molecule has 0 saturated carbocycles. The first-order valence-corrected chi connectivity index (χ1v) is 13.8. The van der Waals surface area contributed by atoms with Crippen molar-refractivity contribution in [3.8, 4) is 0 Å². The van der Waals surface area contributed by atoms with E-state index in [1.807, 2.05) is 37.8 Å². The number of thiophene rings is 1. The van der Waals surface area contributed by atoms with Crippen LogP contribution in [0.25, 0.3) is 0 Å². The average molecular weight is 472 g/mol. The number of carbonyl (C=O) groups is 1. The van der Waals surface area contributed by atoms with Crippen LogP contribution in [0.2, 0.25) is 0 Å². The number of rotatable bonds is 5. The molecule has 184 valence electrons. The van der Waals surface area contributed by atoms with Gasteiger partial charge >= 0.3 is 0 Å². The van der Waals surface area contributed by atoms with Gasteiger partial charge in [-0.1, -0.05) is 51.3 Å². The fourth-order valence-electron chi connectivity index (χ4n) is 4.19. The Morgan fingerprint density at radius 3 is 2.03 bits per heavy atom. The molecule has 4 rings (SSSR count). The lowest BCUT2D eigenvalue weighted by Crippen LogP contribution is -2.48. The van der Waals surface area contributed by atoms with Gasteiger partial charge in [0.2, 0.25) is 0 Å². The molecule has 0 N–H and O–H groups in total. The Labute approximate surface area is 206 Å². The summed E-state index contributed by atoms with van der Waals surface area (Å²) in [7, 11) is 0. The number of carbonyl (C=O) groups excluding carboxylic acids is 1. The predicted molar refractivity (Wildman–Crippen MR) is 145 cm³/mol. The minimum absolute atomic E-state index is 0.177. The van der Waals surface area contributed by atoms with Crippen LogP contribution in [0, 0.1) is 13.8 Å². The number of anilines is 1. The van der Waals surface area contributed by atoms with Crippen LogP contribution in [0.15, 0.2) is 36.4 Å². The second-order valence-corrected chi connectivity index (χ2v) is 10.1. The standard InChI is InChI=1S/C17H20N2OS.C9H19N.C2H6/c1-13-3-6-15(7-4-13)18-9-11-19(12-10-18)17(20)16-8-5-14(2)21-16;1-2-3-7-10-8-5-4-6-9-10;1-2/h3-8H,9-12H2,1-2H3;2-9H2,1H3;1-2H3. The van der Waals surface area contributed by atoms with Crippen molar-refractivity contribution in [1.29, 1.82) is 0 Å². The first-order chi connectivity index (χ1) is 16.1. The summed E-state index contributed by atoms with van der Waals surface area (Å²) in [4.78, 5) is 21.4. The molecule has 2 aliphatic rings. The Hall–Kier alpha value is -1.85. The smallest absolute Gasteiger partial charge is 0.264 e. The molecule has 0 unspecified atom stereocenters. The van der Waals surface area contributed by atoms with Gasteiger partial charge in [-0.15, -0.1) is 11.3 Å². The Balaban J connectivity index is 0.000000270. The van der Waals surface area contributed by atoms with Crippen LogP contribution >= 0.6 is 11.3 Å². The summed E-state index contributed by atoms with van der Waals surface area (Å²) >= 11 is 1.58. The lowest BCUT2D eigenvalue weighted by Gasteiger charge is -2.36. The van der Waals surface area contributed by atoms with Crippen molar-refractivity contribution in [2.75, 3.05) is 50.7 Å². The maximum atomic E-state index is 12.4. The van der Waals surface area contributed by atoms with Crippen molar-refractivity contribution in [3.63, 3.8) is 0 Å². The summed E-state index contributed by atoms with van der Waals surface area (Å²) < 4.78 is 0. The first-order valence-electron chi connectivity index (χ1n) is 13.0. The summed E-state index contributed by atoms with van der Waals surface area (Å²) in [5, 5.41) is 0. The molecule has 3 heterocycles. The lowest BCUT2D eigenvalue weighted by atomic mass is 10.1. The molecule has 5 heteroatoms. The Kier molecular flexibility index (Phi) is 12.6. The third-order valence-corrected chi connectivity index (χ3v) is 7.18. The molecule has 1 aromatic heterocycles. The molecule has 0 atom stereocenters. The van der Waals surface area contributed by atoms with Gasteiger partial charge in [-0.2, -0.15) is 0 Å². The highest BCUT2D eigenvalue weighted by molar-refractivity contribution is 7.13. The molecule has 0 radical (unpaired) electrons. The van der Waals surface area contributed by atoms with Crippen LogP contribution in [0.5, 0.6) is 0 Å². The van der Waals surface area contributed by atoms with Crippen LogP contribution in [-0.2, 0) is 0 Å². The number of hydrogen-bond acceptors (Lipinski definition) is 4. The van der Waals surface area contributed by atoms with Crippen molar-refractivity contribution in [2.24, 2.45) is 0 Å². The summed E-state index contributed by atoms with van der Waals surface area (Å²) in [6.45, 7) is 17.9. The number of benzene rings is 1. The molecule has 1 aromatic carbocycles. The van der Waals surface area contributed by atoms with Crippen molar-refractivity contribution in [3.05, 3.63) is 51.7 Å². The predicted octanol–water partition coefficient (Wildman–Crippen LogP) is 6.63. The van der Waals surface area contributed by atoms with Crippen LogP contribution in [0.1, 0.15) is 73.0 Å². The van der Waals surface area contributed by atoms with Gasteiger partial charge in [0.15, 0.2) is 0 Å². The summed E-state index contributed by atoms with van der Waals surface area (Å²) in [6.07, 6.45) is 7.06. The fraction of sp³-hybridized carbons (Fsp3) is 0.607. The largest absolute Gasteiger partial charge is 0.368 e. The van der Waals surface area contributed by atoms with Crippen molar-refractivity contribution < 1.29 is 4.79 Å². The molecular formula is C28H45N3OS. The molecular weight excluding hydrogens is 426 g/mol. The maximum absolute atomic E-state index is 12.4. The van der Waals surface area contributed by atoms with Crippen LogP contribution < -0.4 is 4.90 Å². The Morgan fingerprint density at radius 2 is 1.48 bits per heavy atom. The normalized spacial score (nSPS) is 16.4. The highest BCUT2D eigenvalue weighted by Gasteiger charge is 2.23. The third kappa shape index (κ3) is 9.13.